The first-order chi connectivity index (χ1) is 11.5. The number of rotatable bonds is 11. The number of primary amides is 1. The lowest BCUT2D eigenvalue weighted by molar-refractivity contribution is -0.128. The maximum atomic E-state index is 12.1. The van der Waals surface area contributed by atoms with Crippen molar-refractivity contribution in [3.8, 4) is 0 Å². The van der Waals surface area contributed by atoms with Gasteiger partial charge in [-0.1, -0.05) is 46.7 Å². The van der Waals surface area contributed by atoms with E-state index in [1.54, 1.807) is 0 Å². The molecule has 8 nitrogen and oxygen atoms in total. The zero-order valence-electron chi connectivity index (χ0n) is 15.9. The molecule has 0 aromatic rings. The summed E-state index contributed by atoms with van der Waals surface area (Å²) in [5.41, 5.74) is 14.9. The average Bonchev–Trinajstić information content (AvgIpc) is 2.50. The second-order valence-corrected chi connectivity index (χ2v) is 12.8. The van der Waals surface area contributed by atoms with E-state index < -0.39 is 32.2 Å². The number of carbonyl (C=O) groups is 2. The van der Waals surface area contributed by atoms with Crippen molar-refractivity contribution in [1.82, 2.24) is 5.32 Å². The van der Waals surface area contributed by atoms with Gasteiger partial charge in [0.1, 0.15) is 12.1 Å². The summed E-state index contributed by atoms with van der Waals surface area (Å²) in [5, 5.41) is 5.87. The van der Waals surface area contributed by atoms with Gasteiger partial charge in [-0.05, 0) is 22.2 Å². The maximum Gasteiger partial charge on any atom is 0.242 e. The standard InChI is InChI=1S/C15H31N5O3SSi/c1-9(2)25(10(3)4,11(5)6)23-7-12(14(16)21)18-15(22)13(8-24)19-20-17/h9-13,24H,7-8H2,1-6H3,(H2,16,21)(H,18,22)/t12-,13-/m0/s1. The van der Waals surface area contributed by atoms with Crippen molar-refractivity contribution in [2.45, 2.75) is 70.2 Å². The van der Waals surface area contributed by atoms with Crippen molar-refractivity contribution in [3.63, 3.8) is 0 Å². The number of thiol groups is 1. The molecule has 25 heavy (non-hydrogen) atoms. The largest absolute Gasteiger partial charge is 0.413 e. The minimum atomic E-state index is -2.19. The smallest absolute Gasteiger partial charge is 0.242 e. The van der Waals surface area contributed by atoms with Gasteiger partial charge in [0.15, 0.2) is 8.32 Å². The molecular weight excluding hydrogens is 358 g/mol. The van der Waals surface area contributed by atoms with Crippen LogP contribution in [0.4, 0.5) is 0 Å². The van der Waals surface area contributed by atoms with E-state index in [9.17, 15) is 9.59 Å². The van der Waals surface area contributed by atoms with Crippen LogP contribution in [0, 0.1) is 0 Å². The number of hydrogen-bond donors (Lipinski definition) is 3. The Kier molecular flexibility index (Phi) is 10.2. The fourth-order valence-corrected chi connectivity index (χ4v) is 9.12. The molecule has 0 aliphatic heterocycles. The van der Waals surface area contributed by atoms with Crippen LogP contribution in [-0.2, 0) is 14.0 Å². The van der Waals surface area contributed by atoms with Gasteiger partial charge >= 0.3 is 0 Å². The molecule has 0 rings (SSSR count). The fraction of sp³-hybridized carbons (Fsp3) is 0.867. The van der Waals surface area contributed by atoms with Gasteiger partial charge in [-0.15, -0.1) is 0 Å². The molecule has 0 saturated carbocycles. The van der Waals surface area contributed by atoms with Gasteiger partial charge in [-0.3, -0.25) is 9.59 Å². The van der Waals surface area contributed by atoms with E-state index in [4.69, 9.17) is 15.7 Å². The van der Waals surface area contributed by atoms with Crippen LogP contribution < -0.4 is 11.1 Å². The van der Waals surface area contributed by atoms with E-state index in [1.807, 2.05) is 0 Å². The first-order valence-corrected chi connectivity index (χ1v) is 11.2. The third-order valence-corrected chi connectivity index (χ3v) is 11.0. The van der Waals surface area contributed by atoms with E-state index in [1.165, 1.54) is 0 Å². The lowest BCUT2D eigenvalue weighted by Crippen LogP contribution is -2.55. The first kappa shape index (κ1) is 23.8. The Labute approximate surface area is 156 Å². The zero-order chi connectivity index (χ0) is 19.8. The second-order valence-electron chi connectivity index (χ2n) is 7.00. The lowest BCUT2D eigenvalue weighted by atomic mass is 10.2. The molecule has 2 atom stereocenters. The van der Waals surface area contributed by atoms with E-state index in [2.05, 4.69) is 69.5 Å². The Balaban J connectivity index is 5.29. The van der Waals surface area contributed by atoms with Crippen molar-refractivity contribution in [2.75, 3.05) is 12.4 Å². The average molecular weight is 390 g/mol. The highest BCUT2D eigenvalue weighted by atomic mass is 32.1. The summed E-state index contributed by atoms with van der Waals surface area (Å²) in [6.45, 7) is 12.8. The number of nitrogens with one attached hydrogen (secondary N) is 1. The molecule has 0 spiro atoms. The molecule has 3 N–H and O–H groups in total. The Hall–Kier alpha value is -1.22. The molecule has 0 radical (unpaired) electrons. The Morgan fingerprint density at radius 1 is 1.20 bits per heavy atom. The van der Waals surface area contributed by atoms with Crippen molar-refractivity contribution < 1.29 is 14.0 Å². The molecule has 0 heterocycles. The van der Waals surface area contributed by atoms with Gasteiger partial charge in [0.05, 0.1) is 6.61 Å². The van der Waals surface area contributed by atoms with Crippen LogP contribution >= 0.6 is 12.6 Å². The lowest BCUT2D eigenvalue weighted by Gasteiger charge is -2.42. The van der Waals surface area contributed by atoms with Crippen LogP contribution in [0.5, 0.6) is 0 Å². The maximum absolute atomic E-state index is 12.1. The fourth-order valence-electron chi connectivity index (χ4n) is 3.42. The van der Waals surface area contributed by atoms with E-state index in [0.717, 1.165) is 0 Å². The molecule has 10 heteroatoms. The van der Waals surface area contributed by atoms with Crippen molar-refractivity contribution >= 4 is 32.8 Å². The van der Waals surface area contributed by atoms with Crippen LogP contribution in [0.3, 0.4) is 0 Å². The Morgan fingerprint density at radius 3 is 2.00 bits per heavy atom. The van der Waals surface area contributed by atoms with E-state index >= 15 is 0 Å². The third-order valence-electron chi connectivity index (χ3n) is 4.53. The number of nitrogens with zero attached hydrogens (tertiary/aromatic N) is 3. The molecule has 2 amide bonds. The summed E-state index contributed by atoms with van der Waals surface area (Å²) < 4.78 is 6.31. The second kappa shape index (κ2) is 10.7. The predicted octanol–water partition coefficient (Wildman–Crippen LogP) is 2.76. The molecule has 0 saturated heterocycles. The van der Waals surface area contributed by atoms with E-state index in [0.29, 0.717) is 16.6 Å². The third kappa shape index (κ3) is 6.21. The quantitative estimate of drug-likeness (QED) is 0.165. The molecule has 144 valence electrons. The molecule has 0 aliphatic rings. The minimum Gasteiger partial charge on any atom is -0.413 e. The molecule has 0 aromatic heterocycles. The summed E-state index contributed by atoms with van der Waals surface area (Å²) in [7, 11) is -2.19. The minimum absolute atomic E-state index is 0.0113. The number of azide groups is 1. The summed E-state index contributed by atoms with van der Waals surface area (Å²) in [5.74, 6) is -1.25. The number of amides is 2. The first-order valence-electron chi connectivity index (χ1n) is 8.43. The zero-order valence-corrected chi connectivity index (χ0v) is 17.8. The highest BCUT2D eigenvalue weighted by molar-refractivity contribution is 7.80. The van der Waals surface area contributed by atoms with Crippen LogP contribution in [0.25, 0.3) is 10.4 Å². The topological polar surface area (TPSA) is 130 Å². The monoisotopic (exact) mass is 389 g/mol. The summed E-state index contributed by atoms with van der Waals surface area (Å²) in [4.78, 5) is 26.5. The number of hydrogen-bond acceptors (Lipinski definition) is 5. The van der Waals surface area contributed by atoms with Crippen LogP contribution in [-0.4, -0.2) is 44.6 Å². The van der Waals surface area contributed by atoms with E-state index in [-0.39, 0.29) is 12.4 Å². The summed E-state index contributed by atoms with van der Waals surface area (Å²) >= 11 is 3.98. The number of carbonyl (C=O) groups excluding carboxylic acids is 2. The highest BCUT2D eigenvalue weighted by Crippen LogP contribution is 2.42. The van der Waals surface area contributed by atoms with Gasteiger partial charge < -0.3 is 15.5 Å². The SMILES string of the molecule is CC(C)[Si](OC[C@H](NC(=O)[C@H](CS)N=[N+]=[N-])C(N)=O)(C(C)C)C(C)C. The molecule has 0 unspecified atom stereocenters. The summed E-state index contributed by atoms with van der Waals surface area (Å²) in [6.07, 6.45) is 0. The van der Waals surface area contributed by atoms with Gasteiger partial charge in [0.25, 0.3) is 0 Å². The predicted molar refractivity (Wildman–Crippen MR) is 105 cm³/mol. The van der Waals surface area contributed by atoms with Crippen molar-refractivity contribution in [3.05, 3.63) is 10.4 Å². The normalized spacial score (nSPS) is 14.3. The van der Waals surface area contributed by atoms with Gasteiger partial charge in [-0.25, -0.2) is 0 Å². The van der Waals surface area contributed by atoms with Gasteiger partial charge in [0.2, 0.25) is 11.8 Å². The Bertz CT molecular complexity index is 488. The van der Waals surface area contributed by atoms with Gasteiger partial charge in [-0.2, -0.15) is 12.6 Å². The summed E-state index contributed by atoms with van der Waals surface area (Å²) in [6, 6.07) is -1.98. The highest BCUT2D eigenvalue weighted by Gasteiger charge is 2.45. The Morgan fingerprint density at radius 2 is 1.68 bits per heavy atom. The molecule has 0 fully saturated rings. The molecule has 0 aromatic carbocycles. The molecule has 0 aliphatic carbocycles. The molecule has 0 bridgehead atoms. The number of nitrogens with two attached hydrogens (primary N) is 1. The van der Waals surface area contributed by atoms with Crippen molar-refractivity contribution in [1.29, 1.82) is 0 Å². The van der Waals surface area contributed by atoms with Crippen LogP contribution in [0.15, 0.2) is 5.11 Å². The van der Waals surface area contributed by atoms with Crippen LogP contribution in [0.1, 0.15) is 41.5 Å². The van der Waals surface area contributed by atoms with Gasteiger partial charge in [0, 0.05) is 10.7 Å². The molecular formula is C15H31N5O3SSi. The van der Waals surface area contributed by atoms with Crippen molar-refractivity contribution in [2.24, 2.45) is 10.8 Å². The van der Waals surface area contributed by atoms with Crippen LogP contribution in [0.2, 0.25) is 16.6 Å².